The lowest BCUT2D eigenvalue weighted by atomic mass is 10.0. The van der Waals surface area contributed by atoms with Crippen LogP contribution in [0, 0.1) is 6.92 Å². The number of carbonyl (C=O) groups is 2. The van der Waals surface area contributed by atoms with E-state index in [2.05, 4.69) is 0 Å². The Bertz CT molecular complexity index is 795. The van der Waals surface area contributed by atoms with Crippen molar-refractivity contribution in [2.24, 2.45) is 0 Å². The van der Waals surface area contributed by atoms with Crippen LogP contribution in [0.15, 0.2) is 36.4 Å². The third-order valence-electron chi connectivity index (χ3n) is 4.28. The summed E-state index contributed by atoms with van der Waals surface area (Å²) in [5.74, 6) is 0.492. The first-order valence-electron chi connectivity index (χ1n) is 8.57. The van der Waals surface area contributed by atoms with Gasteiger partial charge in [0.2, 0.25) is 0 Å². The zero-order chi connectivity index (χ0) is 19.1. The molecule has 26 heavy (non-hydrogen) atoms. The molecule has 0 aliphatic heterocycles. The molecule has 0 unspecified atom stereocenters. The Labute approximate surface area is 153 Å². The second kappa shape index (κ2) is 9.04. The smallest absolute Gasteiger partial charge is 0.160 e. The van der Waals surface area contributed by atoms with E-state index >= 15 is 0 Å². The van der Waals surface area contributed by atoms with Gasteiger partial charge in [0, 0.05) is 12.8 Å². The van der Waals surface area contributed by atoms with Gasteiger partial charge in [-0.2, -0.15) is 0 Å². The second-order valence-electron chi connectivity index (χ2n) is 6.38. The molecule has 0 aliphatic carbocycles. The molecule has 138 valence electrons. The van der Waals surface area contributed by atoms with Gasteiger partial charge in [-0.3, -0.25) is 9.59 Å². The molecule has 0 atom stereocenters. The third-order valence-corrected chi connectivity index (χ3v) is 4.28. The van der Waals surface area contributed by atoms with Crippen molar-refractivity contribution in [2.75, 3.05) is 7.11 Å². The van der Waals surface area contributed by atoms with E-state index < -0.39 is 0 Å². The van der Waals surface area contributed by atoms with Gasteiger partial charge in [-0.15, -0.1) is 0 Å². The summed E-state index contributed by atoms with van der Waals surface area (Å²) in [6, 6.07) is 10.2. The maximum absolute atomic E-state index is 12.0. The largest absolute Gasteiger partial charge is 0.508 e. The summed E-state index contributed by atoms with van der Waals surface area (Å²) < 4.78 is 5.04. The number of hydrogen-bond donors (Lipinski definition) is 2. The number of aromatic hydroxyl groups is 2. The fourth-order valence-corrected chi connectivity index (χ4v) is 2.71. The van der Waals surface area contributed by atoms with Gasteiger partial charge in [0.15, 0.2) is 11.5 Å². The van der Waals surface area contributed by atoms with Gasteiger partial charge in [0.1, 0.15) is 17.3 Å². The van der Waals surface area contributed by atoms with Crippen molar-refractivity contribution < 1.29 is 24.5 Å². The van der Waals surface area contributed by atoms with Crippen molar-refractivity contribution >= 4 is 11.6 Å². The summed E-state index contributed by atoms with van der Waals surface area (Å²) in [5, 5.41) is 19.1. The van der Waals surface area contributed by atoms with Crippen LogP contribution in [-0.4, -0.2) is 28.9 Å². The van der Waals surface area contributed by atoms with Crippen LogP contribution in [0.2, 0.25) is 0 Å². The zero-order valence-corrected chi connectivity index (χ0v) is 15.1. The summed E-state index contributed by atoms with van der Waals surface area (Å²) in [6.45, 7) is 1.81. The SMILES string of the molecule is COc1cc(CCC(=O)CC(=O)CCc2ccc(O)c(C)c2)ccc1O. The third kappa shape index (κ3) is 5.62. The second-order valence-corrected chi connectivity index (χ2v) is 6.38. The van der Waals surface area contributed by atoms with Gasteiger partial charge in [-0.05, 0) is 54.7 Å². The Morgan fingerprint density at radius 1 is 0.885 bits per heavy atom. The molecule has 5 heteroatoms. The Hall–Kier alpha value is -2.82. The first-order chi connectivity index (χ1) is 12.4. The minimum Gasteiger partial charge on any atom is -0.508 e. The number of phenolic OH excluding ortho intramolecular Hbond substituents is 2. The number of methoxy groups -OCH3 is 1. The number of ketones is 2. The quantitative estimate of drug-likeness (QED) is 0.672. The summed E-state index contributed by atoms with van der Waals surface area (Å²) in [5.41, 5.74) is 2.62. The first-order valence-corrected chi connectivity index (χ1v) is 8.57. The average molecular weight is 356 g/mol. The molecule has 2 rings (SSSR count). The van der Waals surface area contributed by atoms with E-state index in [1.807, 2.05) is 13.0 Å². The van der Waals surface area contributed by atoms with Crippen molar-refractivity contribution in [3.05, 3.63) is 53.1 Å². The van der Waals surface area contributed by atoms with Crippen molar-refractivity contribution in [3.8, 4) is 17.2 Å². The first kappa shape index (κ1) is 19.5. The predicted molar refractivity (Wildman–Crippen MR) is 98.8 cm³/mol. The minimum atomic E-state index is -0.0936. The van der Waals surface area contributed by atoms with E-state index in [0.29, 0.717) is 25.0 Å². The molecule has 0 spiro atoms. The summed E-state index contributed by atoms with van der Waals surface area (Å²) >= 11 is 0. The molecule has 0 aromatic heterocycles. The van der Waals surface area contributed by atoms with E-state index in [1.165, 1.54) is 13.2 Å². The fraction of sp³-hybridized carbons (Fsp3) is 0.333. The van der Waals surface area contributed by atoms with Gasteiger partial charge in [0.25, 0.3) is 0 Å². The summed E-state index contributed by atoms with van der Waals surface area (Å²) in [4.78, 5) is 24.0. The molecular formula is C21H24O5. The number of rotatable bonds is 9. The highest BCUT2D eigenvalue weighted by Crippen LogP contribution is 2.26. The van der Waals surface area contributed by atoms with Crippen LogP contribution in [0.4, 0.5) is 0 Å². The Morgan fingerprint density at radius 3 is 1.96 bits per heavy atom. The van der Waals surface area contributed by atoms with Crippen LogP contribution in [-0.2, 0) is 22.4 Å². The van der Waals surface area contributed by atoms with Gasteiger partial charge in [-0.1, -0.05) is 18.2 Å². The molecule has 0 fully saturated rings. The van der Waals surface area contributed by atoms with Crippen molar-refractivity contribution in [1.29, 1.82) is 0 Å². The lowest BCUT2D eigenvalue weighted by Gasteiger charge is -2.07. The van der Waals surface area contributed by atoms with Gasteiger partial charge in [-0.25, -0.2) is 0 Å². The molecule has 0 bridgehead atoms. The van der Waals surface area contributed by atoms with Crippen LogP contribution in [0.1, 0.15) is 36.0 Å². The molecule has 0 saturated heterocycles. The van der Waals surface area contributed by atoms with Crippen molar-refractivity contribution in [2.45, 2.75) is 39.0 Å². The van der Waals surface area contributed by atoms with Crippen LogP contribution in [0.5, 0.6) is 17.2 Å². The van der Waals surface area contributed by atoms with Gasteiger partial charge in [0.05, 0.1) is 13.5 Å². The Balaban J connectivity index is 1.78. The summed E-state index contributed by atoms with van der Waals surface area (Å²) in [7, 11) is 1.47. The predicted octanol–water partition coefficient (Wildman–Crippen LogP) is 3.51. The molecule has 2 aromatic carbocycles. The number of ether oxygens (including phenoxy) is 1. The van der Waals surface area contributed by atoms with E-state index in [-0.39, 0.29) is 35.9 Å². The lowest BCUT2D eigenvalue weighted by Crippen LogP contribution is -2.09. The van der Waals surface area contributed by atoms with Crippen molar-refractivity contribution in [3.63, 3.8) is 0 Å². The normalized spacial score (nSPS) is 10.5. The number of benzene rings is 2. The van der Waals surface area contributed by atoms with E-state index in [4.69, 9.17) is 4.74 Å². The molecule has 2 N–H and O–H groups in total. The highest BCUT2D eigenvalue weighted by molar-refractivity contribution is 5.99. The number of Topliss-reactive ketones (excluding diaryl/α,β-unsaturated/α-hetero) is 2. The molecule has 5 nitrogen and oxygen atoms in total. The lowest BCUT2D eigenvalue weighted by molar-refractivity contribution is -0.126. The van der Waals surface area contributed by atoms with Gasteiger partial charge < -0.3 is 14.9 Å². The van der Waals surface area contributed by atoms with Crippen LogP contribution < -0.4 is 4.74 Å². The van der Waals surface area contributed by atoms with E-state index in [1.54, 1.807) is 24.3 Å². The van der Waals surface area contributed by atoms with Crippen LogP contribution in [0.3, 0.4) is 0 Å². The fourth-order valence-electron chi connectivity index (χ4n) is 2.71. The average Bonchev–Trinajstić information content (AvgIpc) is 2.62. The Morgan fingerprint density at radius 2 is 1.42 bits per heavy atom. The maximum Gasteiger partial charge on any atom is 0.160 e. The highest BCUT2D eigenvalue weighted by atomic mass is 16.5. The standard InChI is InChI=1S/C21H24O5/c1-14-11-15(5-9-19(14)24)3-7-17(22)13-18(23)8-4-16-6-10-20(25)21(12-16)26-2/h5-6,9-12,24-25H,3-4,7-8,13H2,1-2H3. The van der Waals surface area contributed by atoms with Crippen LogP contribution >= 0.6 is 0 Å². The molecule has 2 aromatic rings. The van der Waals surface area contributed by atoms with E-state index in [0.717, 1.165) is 16.7 Å². The highest BCUT2D eigenvalue weighted by Gasteiger charge is 2.11. The number of aryl methyl sites for hydroxylation is 3. The minimum absolute atomic E-state index is 0.0576. The molecule has 0 radical (unpaired) electrons. The zero-order valence-electron chi connectivity index (χ0n) is 15.1. The van der Waals surface area contributed by atoms with E-state index in [9.17, 15) is 19.8 Å². The topological polar surface area (TPSA) is 83.8 Å². The Kier molecular flexibility index (Phi) is 6.78. The molecule has 0 saturated carbocycles. The monoisotopic (exact) mass is 356 g/mol. The van der Waals surface area contributed by atoms with Crippen molar-refractivity contribution in [1.82, 2.24) is 0 Å². The molecule has 0 aliphatic rings. The van der Waals surface area contributed by atoms with Crippen LogP contribution in [0.25, 0.3) is 0 Å². The number of hydrogen-bond acceptors (Lipinski definition) is 5. The number of carbonyl (C=O) groups excluding carboxylic acids is 2. The molecule has 0 heterocycles. The van der Waals surface area contributed by atoms with Gasteiger partial charge >= 0.3 is 0 Å². The maximum atomic E-state index is 12.0. The number of phenols is 2. The molecular weight excluding hydrogens is 332 g/mol. The molecule has 0 amide bonds. The summed E-state index contributed by atoms with van der Waals surface area (Å²) in [6.07, 6.45) is 1.58.